The maximum absolute atomic E-state index is 14.4. The van der Waals surface area contributed by atoms with Gasteiger partial charge >= 0.3 is 0 Å². The molecule has 24 heavy (non-hydrogen) atoms. The summed E-state index contributed by atoms with van der Waals surface area (Å²) in [5, 5.41) is 0. The van der Waals surface area contributed by atoms with Crippen LogP contribution in [0.4, 0.5) is 13.2 Å². The highest BCUT2D eigenvalue weighted by Gasteiger charge is 2.20. The van der Waals surface area contributed by atoms with E-state index < -0.39 is 17.5 Å². The Morgan fingerprint density at radius 2 is 1.21 bits per heavy atom. The minimum atomic E-state index is -0.964. The average molecular weight is 330 g/mol. The molecule has 1 fully saturated rings. The van der Waals surface area contributed by atoms with Crippen LogP contribution in [0.5, 0.6) is 0 Å². The largest absolute Gasteiger partial charge is 0.207 e. The summed E-state index contributed by atoms with van der Waals surface area (Å²) in [5.74, 6) is -1.05. The first-order chi connectivity index (χ1) is 11.5. The second-order valence-corrected chi connectivity index (χ2v) is 6.71. The number of halogens is 3. The maximum Gasteiger partial charge on any atom is 0.166 e. The topological polar surface area (TPSA) is 0 Å². The zero-order valence-corrected chi connectivity index (χ0v) is 13.7. The fourth-order valence-electron chi connectivity index (χ4n) is 3.34. The predicted molar refractivity (Wildman–Crippen MR) is 92.2 cm³/mol. The third kappa shape index (κ3) is 3.72. The van der Waals surface area contributed by atoms with Gasteiger partial charge in [-0.15, -0.1) is 0 Å². The molecule has 0 bridgehead atoms. The van der Waals surface area contributed by atoms with Crippen molar-refractivity contribution in [2.24, 2.45) is 5.92 Å². The quantitative estimate of drug-likeness (QED) is 0.538. The third-order valence-electron chi connectivity index (χ3n) is 4.94. The highest BCUT2D eigenvalue weighted by atomic mass is 19.2. The average Bonchev–Trinajstić information content (AvgIpc) is 2.62. The van der Waals surface area contributed by atoms with Crippen molar-refractivity contribution in [2.75, 3.05) is 0 Å². The summed E-state index contributed by atoms with van der Waals surface area (Å²) >= 11 is 0. The first-order valence-electron chi connectivity index (χ1n) is 8.46. The fourth-order valence-corrected chi connectivity index (χ4v) is 3.34. The van der Waals surface area contributed by atoms with Gasteiger partial charge in [-0.1, -0.05) is 44.0 Å². The Hall–Kier alpha value is -2.03. The van der Waals surface area contributed by atoms with E-state index in [1.165, 1.54) is 30.5 Å². The van der Waals surface area contributed by atoms with Crippen LogP contribution < -0.4 is 0 Å². The Labute approximate surface area is 141 Å². The molecule has 0 aliphatic heterocycles. The van der Waals surface area contributed by atoms with Crippen LogP contribution in [0.15, 0.2) is 48.5 Å². The van der Waals surface area contributed by atoms with Gasteiger partial charge in [-0.2, -0.15) is 0 Å². The van der Waals surface area contributed by atoms with E-state index in [0.717, 1.165) is 30.9 Å². The predicted octanol–water partition coefficient (Wildman–Crippen LogP) is 6.88. The number of benzene rings is 2. The lowest BCUT2D eigenvalue weighted by Gasteiger charge is -2.26. The highest BCUT2D eigenvalue weighted by molar-refractivity contribution is 5.83. The summed E-state index contributed by atoms with van der Waals surface area (Å²) in [7, 11) is 0. The normalized spacial score (nSPS) is 22.2. The van der Waals surface area contributed by atoms with Crippen LogP contribution in [-0.4, -0.2) is 0 Å². The molecular formula is C21H21F3. The van der Waals surface area contributed by atoms with Crippen molar-refractivity contribution in [3.8, 4) is 0 Å². The van der Waals surface area contributed by atoms with Crippen LogP contribution in [-0.2, 0) is 0 Å². The Bertz CT molecular complexity index is 706. The van der Waals surface area contributed by atoms with Gasteiger partial charge in [-0.05, 0) is 54.5 Å². The molecule has 0 nitrogen and oxygen atoms in total. The van der Waals surface area contributed by atoms with Crippen molar-refractivity contribution < 1.29 is 13.2 Å². The van der Waals surface area contributed by atoms with Crippen molar-refractivity contribution in [2.45, 2.75) is 38.5 Å². The molecule has 3 heteroatoms. The Morgan fingerprint density at radius 3 is 1.71 bits per heavy atom. The molecule has 0 amide bonds. The summed E-state index contributed by atoms with van der Waals surface area (Å²) in [6.45, 7) is 2.28. The first kappa shape index (κ1) is 16.8. The summed E-state index contributed by atoms with van der Waals surface area (Å²) in [4.78, 5) is 0. The highest BCUT2D eigenvalue weighted by Crippen LogP contribution is 2.36. The van der Waals surface area contributed by atoms with E-state index in [9.17, 15) is 13.2 Å². The molecule has 0 atom stereocenters. The Morgan fingerprint density at radius 1 is 0.750 bits per heavy atom. The number of hydrogen-bond acceptors (Lipinski definition) is 0. The zero-order chi connectivity index (χ0) is 17.1. The van der Waals surface area contributed by atoms with Crippen LogP contribution in [0, 0.1) is 11.7 Å². The van der Waals surface area contributed by atoms with Crippen LogP contribution in [0.1, 0.15) is 55.2 Å². The molecular weight excluding hydrogens is 309 g/mol. The number of rotatable bonds is 3. The molecule has 1 aliphatic rings. The van der Waals surface area contributed by atoms with Crippen molar-refractivity contribution in [1.29, 1.82) is 0 Å². The molecule has 0 radical (unpaired) electrons. The van der Waals surface area contributed by atoms with E-state index in [1.807, 2.05) is 12.1 Å². The molecule has 3 rings (SSSR count). The molecule has 126 valence electrons. The van der Waals surface area contributed by atoms with Gasteiger partial charge in [0.2, 0.25) is 0 Å². The summed E-state index contributed by atoms with van der Waals surface area (Å²) in [6, 6.07) is 11.8. The molecule has 2 aromatic carbocycles. The lowest BCUT2D eigenvalue weighted by atomic mass is 9.79. The zero-order valence-electron chi connectivity index (χ0n) is 13.7. The van der Waals surface area contributed by atoms with Gasteiger partial charge in [-0.3, -0.25) is 0 Å². The molecule has 1 saturated carbocycles. The minimum Gasteiger partial charge on any atom is -0.207 e. The lowest BCUT2D eigenvalue weighted by molar-refractivity contribution is 0.348. The van der Waals surface area contributed by atoms with Crippen LogP contribution in [0.3, 0.4) is 0 Å². The molecule has 2 aromatic rings. The van der Waals surface area contributed by atoms with Gasteiger partial charge in [0.05, 0.1) is 0 Å². The monoisotopic (exact) mass is 330 g/mol. The van der Waals surface area contributed by atoms with Crippen LogP contribution >= 0.6 is 0 Å². The van der Waals surface area contributed by atoms with Gasteiger partial charge < -0.3 is 0 Å². The first-order valence-corrected chi connectivity index (χ1v) is 8.46. The van der Waals surface area contributed by atoms with Gasteiger partial charge in [0.1, 0.15) is 5.82 Å². The fraction of sp³-hybridized carbons (Fsp3) is 0.333. The molecule has 0 saturated heterocycles. The van der Waals surface area contributed by atoms with Gasteiger partial charge in [-0.25, -0.2) is 13.2 Å². The maximum atomic E-state index is 14.4. The van der Waals surface area contributed by atoms with E-state index in [4.69, 9.17) is 0 Å². The van der Waals surface area contributed by atoms with Crippen molar-refractivity contribution >= 4 is 11.7 Å². The minimum absolute atomic E-state index is 0.0410. The SMILES string of the molecule is CC1CCC(c2ccc(/C(F)=C(\F)c3ccc(F)cc3)cc2)CC1. The summed E-state index contributed by atoms with van der Waals surface area (Å²) in [5.41, 5.74) is 1.45. The van der Waals surface area contributed by atoms with Crippen LogP contribution in [0.2, 0.25) is 0 Å². The second kappa shape index (κ2) is 7.25. The van der Waals surface area contributed by atoms with Crippen molar-refractivity contribution in [3.63, 3.8) is 0 Å². The summed E-state index contributed by atoms with van der Waals surface area (Å²) in [6.07, 6.45) is 4.76. The van der Waals surface area contributed by atoms with E-state index >= 15 is 0 Å². The third-order valence-corrected chi connectivity index (χ3v) is 4.94. The Kier molecular flexibility index (Phi) is 5.08. The molecule has 0 spiro atoms. The molecule has 0 aromatic heterocycles. The molecule has 0 N–H and O–H groups in total. The van der Waals surface area contributed by atoms with Crippen molar-refractivity contribution in [3.05, 3.63) is 71.0 Å². The second-order valence-electron chi connectivity index (χ2n) is 6.71. The molecule has 0 unspecified atom stereocenters. The van der Waals surface area contributed by atoms with Gasteiger partial charge in [0, 0.05) is 11.1 Å². The molecule has 0 heterocycles. The summed E-state index contributed by atoms with van der Waals surface area (Å²) < 4.78 is 41.5. The molecule has 1 aliphatic carbocycles. The smallest absolute Gasteiger partial charge is 0.166 e. The van der Waals surface area contributed by atoms with Gasteiger partial charge in [0.15, 0.2) is 11.7 Å². The van der Waals surface area contributed by atoms with Crippen LogP contribution in [0.25, 0.3) is 11.7 Å². The van der Waals surface area contributed by atoms with Crippen molar-refractivity contribution in [1.82, 2.24) is 0 Å². The van der Waals surface area contributed by atoms with E-state index in [0.29, 0.717) is 5.92 Å². The van der Waals surface area contributed by atoms with E-state index in [1.54, 1.807) is 12.1 Å². The lowest BCUT2D eigenvalue weighted by Crippen LogP contribution is -2.10. The standard InChI is InChI=1S/C21H21F3/c1-14-2-4-15(5-3-14)16-6-8-17(9-7-16)20(23)21(24)18-10-12-19(22)13-11-18/h6-15H,2-5H2,1H3/b21-20+. The van der Waals surface area contributed by atoms with E-state index in [-0.39, 0.29) is 11.1 Å². The van der Waals surface area contributed by atoms with E-state index in [2.05, 4.69) is 6.92 Å². The van der Waals surface area contributed by atoms with Gasteiger partial charge in [0.25, 0.3) is 0 Å². The number of hydrogen-bond donors (Lipinski definition) is 0. The Balaban J connectivity index is 1.79.